The molecule has 0 bridgehead atoms. The number of pyridine rings is 1. The topological polar surface area (TPSA) is 62.2 Å². The molecule has 1 aromatic carbocycles. The average Bonchev–Trinajstić information content (AvgIpc) is 2.60. The Kier molecular flexibility index (Phi) is 4.81. The van der Waals surface area contributed by atoms with Gasteiger partial charge in [0, 0.05) is 30.5 Å². The summed E-state index contributed by atoms with van der Waals surface area (Å²) in [6.45, 7) is 1.55. The van der Waals surface area contributed by atoms with Gasteiger partial charge in [0.15, 0.2) is 0 Å². The Labute approximate surface area is 144 Å². The predicted octanol–water partition coefficient (Wildman–Crippen LogP) is 3.55. The van der Waals surface area contributed by atoms with E-state index in [4.69, 9.17) is 5.11 Å². The second-order valence-electron chi connectivity index (χ2n) is 6.44. The van der Waals surface area contributed by atoms with Crippen LogP contribution in [-0.4, -0.2) is 34.6 Å². The molecule has 2 aromatic rings. The van der Waals surface area contributed by atoms with Crippen molar-refractivity contribution in [3.05, 3.63) is 47.7 Å². The van der Waals surface area contributed by atoms with Gasteiger partial charge >= 0.3 is 0 Å². The molecule has 0 spiro atoms. The van der Waals surface area contributed by atoms with E-state index in [1.54, 1.807) is 19.1 Å². The van der Waals surface area contributed by atoms with Crippen LogP contribution in [0.15, 0.2) is 36.5 Å². The summed E-state index contributed by atoms with van der Waals surface area (Å²) in [5.41, 5.74) is 2.79. The van der Waals surface area contributed by atoms with Crippen molar-refractivity contribution >= 4 is 22.4 Å². The lowest BCUT2D eigenvalue weighted by atomic mass is 9.89. The fraction of sp³-hybridized carbons (Fsp3) is 0.368. The smallest absolute Gasteiger partial charge is 0.253 e. The lowest BCUT2D eigenvalue weighted by Gasteiger charge is -2.22. The number of rotatable bonds is 4. The molecule has 1 aliphatic rings. The first-order valence-electron chi connectivity index (χ1n) is 8.27. The third-order valence-corrected chi connectivity index (χ3v) is 4.39. The van der Waals surface area contributed by atoms with Gasteiger partial charge in [-0.1, -0.05) is 18.2 Å². The minimum atomic E-state index is -2.64. The summed E-state index contributed by atoms with van der Waals surface area (Å²) in [6, 6.07) is 6.91. The summed E-state index contributed by atoms with van der Waals surface area (Å²) < 4.78 is 26.8. The SMILES string of the molecule is C[C@@H](CO)NC(=O)c1cnc2cccc(C3=CCC(F)(F)CC3)c2c1. The molecular weight excluding hydrogens is 326 g/mol. The molecule has 2 N–H and O–H groups in total. The number of aliphatic hydroxyl groups is 1. The average molecular weight is 346 g/mol. The molecule has 3 rings (SSSR count). The molecule has 1 amide bonds. The van der Waals surface area contributed by atoms with Crippen LogP contribution in [0.3, 0.4) is 0 Å². The zero-order valence-corrected chi connectivity index (χ0v) is 13.9. The van der Waals surface area contributed by atoms with Crippen LogP contribution in [0.5, 0.6) is 0 Å². The first-order valence-corrected chi connectivity index (χ1v) is 8.27. The molecule has 0 fully saturated rings. The minimum Gasteiger partial charge on any atom is -0.394 e. The molecule has 1 heterocycles. The number of nitrogens with one attached hydrogen (secondary N) is 1. The first-order chi connectivity index (χ1) is 11.9. The number of allylic oxidation sites excluding steroid dienone is 2. The normalized spacial score (nSPS) is 17.8. The Bertz CT molecular complexity index is 833. The number of amides is 1. The monoisotopic (exact) mass is 346 g/mol. The third-order valence-electron chi connectivity index (χ3n) is 4.39. The zero-order chi connectivity index (χ0) is 18.0. The largest absolute Gasteiger partial charge is 0.394 e. The molecule has 1 atom stereocenters. The van der Waals surface area contributed by atoms with Crippen molar-refractivity contribution in [2.75, 3.05) is 6.61 Å². The van der Waals surface area contributed by atoms with E-state index in [1.165, 1.54) is 6.20 Å². The minimum absolute atomic E-state index is 0.154. The molecule has 1 aliphatic carbocycles. The van der Waals surface area contributed by atoms with Gasteiger partial charge in [-0.05, 0) is 36.6 Å². The van der Waals surface area contributed by atoms with Crippen molar-refractivity contribution in [3.63, 3.8) is 0 Å². The second kappa shape index (κ2) is 6.88. The Hall–Kier alpha value is -2.34. The van der Waals surface area contributed by atoms with E-state index in [1.807, 2.05) is 18.2 Å². The third kappa shape index (κ3) is 3.85. The number of alkyl halides is 2. The summed E-state index contributed by atoms with van der Waals surface area (Å²) in [4.78, 5) is 16.6. The van der Waals surface area contributed by atoms with Gasteiger partial charge in [0.05, 0.1) is 17.7 Å². The van der Waals surface area contributed by atoms with Gasteiger partial charge in [-0.2, -0.15) is 0 Å². The van der Waals surface area contributed by atoms with Crippen molar-refractivity contribution in [2.24, 2.45) is 0 Å². The van der Waals surface area contributed by atoms with Crippen LogP contribution in [0.4, 0.5) is 8.78 Å². The number of aromatic nitrogens is 1. The van der Waals surface area contributed by atoms with E-state index in [2.05, 4.69) is 10.3 Å². The highest BCUT2D eigenvalue weighted by molar-refractivity contribution is 6.00. The molecule has 1 aromatic heterocycles. The molecular formula is C19H20F2N2O2. The Balaban J connectivity index is 1.98. The van der Waals surface area contributed by atoms with Crippen LogP contribution >= 0.6 is 0 Å². The lowest BCUT2D eigenvalue weighted by Crippen LogP contribution is -2.35. The van der Waals surface area contributed by atoms with Crippen molar-refractivity contribution in [3.8, 4) is 0 Å². The fourth-order valence-electron chi connectivity index (χ4n) is 2.94. The maximum Gasteiger partial charge on any atom is 0.253 e. The Morgan fingerprint density at radius 1 is 1.44 bits per heavy atom. The number of halogens is 2. The van der Waals surface area contributed by atoms with Gasteiger partial charge in [-0.15, -0.1) is 0 Å². The van der Waals surface area contributed by atoms with Crippen LogP contribution in [0.1, 0.15) is 42.1 Å². The maximum absolute atomic E-state index is 13.4. The van der Waals surface area contributed by atoms with E-state index >= 15 is 0 Å². The fourth-order valence-corrected chi connectivity index (χ4v) is 2.94. The van der Waals surface area contributed by atoms with Gasteiger partial charge in [-0.25, -0.2) is 8.78 Å². The number of benzene rings is 1. The molecule has 0 radical (unpaired) electrons. The zero-order valence-electron chi connectivity index (χ0n) is 13.9. The molecule has 6 heteroatoms. The van der Waals surface area contributed by atoms with Crippen molar-refractivity contribution in [2.45, 2.75) is 38.2 Å². The van der Waals surface area contributed by atoms with E-state index in [0.717, 1.165) is 16.5 Å². The van der Waals surface area contributed by atoms with Gasteiger partial charge in [-0.3, -0.25) is 9.78 Å². The molecule has 0 saturated carbocycles. The summed E-state index contributed by atoms with van der Waals surface area (Å²) in [5, 5.41) is 12.5. The van der Waals surface area contributed by atoms with Crippen LogP contribution in [0.2, 0.25) is 0 Å². The van der Waals surface area contributed by atoms with E-state index in [-0.39, 0.29) is 31.4 Å². The molecule has 25 heavy (non-hydrogen) atoms. The summed E-state index contributed by atoms with van der Waals surface area (Å²) in [6.07, 6.45) is 2.93. The van der Waals surface area contributed by atoms with Gasteiger partial charge in [0.1, 0.15) is 0 Å². The van der Waals surface area contributed by atoms with Crippen molar-refractivity contribution < 1.29 is 18.7 Å². The molecule has 132 valence electrons. The summed E-state index contributed by atoms with van der Waals surface area (Å²) >= 11 is 0. The number of nitrogens with zero attached hydrogens (tertiary/aromatic N) is 1. The second-order valence-corrected chi connectivity index (χ2v) is 6.44. The Morgan fingerprint density at radius 3 is 2.92 bits per heavy atom. The van der Waals surface area contributed by atoms with Crippen LogP contribution in [0, 0.1) is 0 Å². The van der Waals surface area contributed by atoms with Gasteiger partial charge in [0.25, 0.3) is 11.8 Å². The van der Waals surface area contributed by atoms with E-state index < -0.39 is 5.92 Å². The highest BCUT2D eigenvalue weighted by Crippen LogP contribution is 2.38. The lowest BCUT2D eigenvalue weighted by molar-refractivity contribution is -0.00602. The molecule has 0 saturated heterocycles. The van der Waals surface area contributed by atoms with E-state index in [0.29, 0.717) is 17.5 Å². The number of hydrogen-bond donors (Lipinski definition) is 2. The van der Waals surface area contributed by atoms with Crippen molar-refractivity contribution in [1.29, 1.82) is 0 Å². The van der Waals surface area contributed by atoms with Gasteiger partial charge in [0.2, 0.25) is 0 Å². The first kappa shape index (κ1) is 17.5. The number of carbonyl (C=O) groups excluding carboxylic acids is 1. The maximum atomic E-state index is 13.4. The molecule has 0 unspecified atom stereocenters. The van der Waals surface area contributed by atoms with Gasteiger partial charge < -0.3 is 10.4 Å². The van der Waals surface area contributed by atoms with Crippen LogP contribution < -0.4 is 5.32 Å². The number of fused-ring (bicyclic) bond motifs is 1. The number of aliphatic hydroxyl groups excluding tert-OH is 1. The molecule has 4 nitrogen and oxygen atoms in total. The van der Waals surface area contributed by atoms with Crippen LogP contribution in [-0.2, 0) is 0 Å². The van der Waals surface area contributed by atoms with Crippen LogP contribution in [0.25, 0.3) is 16.5 Å². The standard InChI is InChI=1S/C19H20F2N2O2/c1-12(11-24)23-18(25)14-9-16-15(3-2-4-17(16)22-10-14)13-5-7-19(20,21)8-6-13/h2-5,9-10,12,24H,6-8,11H2,1H3,(H,23,25)/t12-/m0/s1. The highest BCUT2D eigenvalue weighted by Gasteiger charge is 2.31. The summed E-state index contributed by atoms with van der Waals surface area (Å²) in [5.74, 6) is -2.97. The molecule has 0 aliphatic heterocycles. The quantitative estimate of drug-likeness (QED) is 0.890. The van der Waals surface area contributed by atoms with Crippen molar-refractivity contribution in [1.82, 2.24) is 10.3 Å². The number of hydrogen-bond acceptors (Lipinski definition) is 3. The Morgan fingerprint density at radius 2 is 2.24 bits per heavy atom. The highest BCUT2D eigenvalue weighted by atomic mass is 19.3. The predicted molar refractivity (Wildman–Crippen MR) is 92.5 cm³/mol. The van der Waals surface area contributed by atoms with E-state index in [9.17, 15) is 13.6 Å². The number of carbonyl (C=O) groups is 1. The summed E-state index contributed by atoms with van der Waals surface area (Å²) in [7, 11) is 0.